The zero-order chi connectivity index (χ0) is 8.81. The number of hydrogen-bond donors (Lipinski definition) is 4. The van der Waals surface area contributed by atoms with Crippen molar-refractivity contribution in [3.05, 3.63) is 18.2 Å². The number of nitrogens with one attached hydrogen (secondary N) is 2. The molecule has 66 valence electrons. The van der Waals surface area contributed by atoms with E-state index in [0.717, 1.165) is 0 Å². The number of anilines is 2. The second kappa shape index (κ2) is 4.53. The first-order valence-electron chi connectivity index (χ1n) is 3.65. The van der Waals surface area contributed by atoms with Crippen LogP contribution in [0.15, 0.2) is 18.2 Å². The molecule has 0 saturated heterocycles. The second-order valence-electron chi connectivity index (χ2n) is 2.20. The van der Waals surface area contributed by atoms with Gasteiger partial charge in [0.15, 0.2) is 0 Å². The molecule has 0 aliphatic carbocycles. The summed E-state index contributed by atoms with van der Waals surface area (Å²) in [4.78, 5) is 4.07. The Kier molecular flexibility index (Phi) is 3.31. The molecule has 5 nitrogen and oxygen atoms in total. The number of hydrazine groups is 1. The first-order valence-corrected chi connectivity index (χ1v) is 3.65. The first-order chi connectivity index (χ1) is 5.86. The quantitative estimate of drug-likeness (QED) is 0.369. The van der Waals surface area contributed by atoms with Crippen molar-refractivity contribution in [3.8, 4) is 0 Å². The van der Waals surface area contributed by atoms with E-state index < -0.39 is 0 Å². The van der Waals surface area contributed by atoms with E-state index in [4.69, 9.17) is 10.9 Å². The minimum Gasteiger partial charge on any atom is -0.395 e. The van der Waals surface area contributed by atoms with Crippen LogP contribution in [0.5, 0.6) is 0 Å². The van der Waals surface area contributed by atoms with Crippen molar-refractivity contribution in [2.24, 2.45) is 5.84 Å². The van der Waals surface area contributed by atoms with Gasteiger partial charge in [0.05, 0.1) is 6.61 Å². The monoisotopic (exact) mass is 168 g/mol. The van der Waals surface area contributed by atoms with Gasteiger partial charge in [0.25, 0.3) is 0 Å². The Labute approximate surface area is 70.6 Å². The number of hydrogen-bond acceptors (Lipinski definition) is 5. The molecule has 0 radical (unpaired) electrons. The van der Waals surface area contributed by atoms with E-state index in [-0.39, 0.29) is 6.61 Å². The number of nitrogen functional groups attached to an aromatic ring is 1. The van der Waals surface area contributed by atoms with Gasteiger partial charge >= 0.3 is 0 Å². The lowest BCUT2D eigenvalue weighted by atomic mass is 10.4. The highest BCUT2D eigenvalue weighted by Gasteiger charge is 1.93. The molecule has 0 aliphatic rings. The Morgan fingerprint density at radius 2 is 2.17 bits per heavy atom. The fourth-order valence-corrected chi connectivity index (χ4v) is 0.798. The second-order valence-corrected chi connectivity index (χ2v) is 2.20. The fraction of sp³-hybridized carbons (Fsp3) is 0.286. The van der Waals surface area contributed by atoms with Crippen LogP contribution >= 0.6 is 0 Å². The van der Waals surface area contributed by atoms with Crippen LogP contribution in [0.2, 0.25) is 0 Å². The molecule has 0 atom stereocenters. The van der Waals surface area contributed by atoms with Crippen molar-refractivity contribution in [2.75, 3.05) is 23.9 Å². The third-order valence-electron chi connectivity index (χ3n) is 1.31. The van der Waals surface area contributed by atoms with Gasteiger partial charge < -0.3 is 15.8 Å². The third kappa shape index (κ3) is 2.37. The summed E-state index contributed by atoms with van der Waals surface area (Å²) in [6.07, 6.45) is 0. The Morgan fingerprint density at radius 1 is 1.42 bits per heavy atom. The predicted molar refractivity (Wildman–Crippen MR) is 47.6 cm³/mol. The largest absolute Gasteiger partial charge is 0.395 e. The number of pyridine rings is 1. The summed E-state index contributed by atoms with van der Waals surface area (Å²) in [6.45, 7) is 0.572. The molecule has 5 heteroatoms. The maximum absolute atomic E-state index is 8.52. The summed E-state index contributed by atoms with van der Waals surface area (Å²) in [5.41, 5.74) is 2.43. The van der Waals surface area contributed by atoms with Crippen molar-refractivity contribution in [1.29, 1.82) is 0 Å². The summed E-state index contributed by atoms with van der Waals surface area (Å²) >= 11 is 0. The van der Waals surface area contributed by atoms with E-state index in [9.17, 15) is 0 Å². The van der Waals surface area contributed by atoms with Gasteiger partial charge in [-0.15, -0.1) is 0 Å². The zero-order valence-electron chi connectivity index (χ0n) is 6.62. The van der Waals surface area contributed by atoms with Gasteiger partial charge in [-0.05, 0) is 12.1 Å². The molecule has 1 aromatic rings. The number of nitrogens with two attached hydrogens (primary N) is 1. The lowest BCUT2D eigenvalue weighted by Gasteiger charge is -2.04. The number of aromatic nitrogens is 1. The van der Waals surface area contributed by atoms with Crippen LogP contribution in [0, 0.1) is 0 Å². The van der Waals surface area contributed by atoms with Crippen LogP contribution in [0.25, 0.3) is 0 Å². The molecule has 0 fully saturated rings. The summed E-state index contributed by atoms with van der Waals surface area (Å²) in [5.74, 6) is 6.45. The summed E-state index contributed by atoms with van der Waals surface area (Å²) in [5, 5.41) is 11.4. The number of rotatable bonds is 4. The highest BCUT2D eigenvalue weighted by atomic mass is 16.3. The standard InChI is InChI=1S/C7H12N4O/c8-11-7-3-1-2-6(10-7)9-4-5-12/h1-3,12H,4-5,8H2,(H2,9,10,11). The van der Waals surface area contributed by atoms with Crippen LogP contribution in [0.4, 0.5) is 11.6 Å². The van der Waals surface area contributed by atoms with E-state index in [0.29, 0.717) is 18.2 Å². The zero-order valence-corrected chi connectivity index (χ0v) is 6.62. The van der Waals surface area contributed by atoms with Crippen molar-refractivity contribution >= 4 is 11.6 Å². The van der Waals surface area contributed by atoms with Crippen LogP contribution in [0.3, 0.4) is 0 Å². The Hall–Kier alpha value is -1.33. The van der Waals surface area contributed by atoms with E-state index >= 15 is 0 Å². The molecule has 0 aromatic carbocycles. The van der Waals surface area contributed by atoms with Gasteiger partial charge in [-0.25, -0.2) is 10.8 Å². The smallest absolute Gasteiger partial charge is 0.142 e. The van der Waals surface area contributed by atoms with E-state index in [1.807, 2.05) is 6.07 Å². The highest BCUT2D eigenvalue weighted by molar-refractivity contribution is 5.44. The van der Waals surface area contributed by atoms with Gasteiger partial charge in [-0.1, -0.05) is 6.07 Å². The van der Waals surface area contributed by atoms with Gasteiger partial charge in [0, 0.05) is 6.54 Å². The Bertz CT molecular complexity index is 241. The van der Waals surface area contributed by atoms with Crippen LogP contribution in [-0.4, -0.2) is 23.2 Å². The molecule has 0 aliphatic heterocycles. The number of aliphatic hydroxyl groups excluding tert-OH is 1. The lowest BCUT2D eigenvalue weighted by Crippen LogP contribution is -2.11. The molecule has 0 amide bonds. The third-order valence-corrected chi connectivity index (χ3v) is 1.31. The lowest BCUT2D eigenvalue weighted by molar-refractivity contribution is 0.311. The molecule has 0 unspecified atom stereocenters. The normalized spacial score (nSPS) is 9.50. The van der Waals surface area contributed by atoms with E-state index in [1.165, 1.54) is 0 Å². The Morgan fingerprint density at radius 3 is 2.83 bits per heavy atom. The van der Waals surface area contributed by atoms with Crippen molar-refractivity contribution in [3.63, 3.8) is 0 Å². The molecule has 0 bridgehead atoms. The Balaban J connectivity index is 2.60. The number of nitrogens with zero attached hydrogens (tertiary/aromatic N) is 1. The summed E-state index contributed by atoms with van der Waals surface area (Å²) in [7, 11) is 0. The van der Waals surface area contributed by atoms with E-state index in [1.54, 1.807) is 12.1 Å². The van der Waals surface area contributed by atoms with Gasteiger partial charge in [0.1, 0.15) is 11.6 Å². The average Bonchev–Trinajstić information content (AvgIpc) is 2.15. The molecule has 0 saturated carbocycles. The van der Waals surface area contributed by atoms with Crippen molar-refractivity contribution in [1.82, 2.24) is 4.98 Å². The SMILES string of the molecule is NNc1cccc(NCCO)n1. The molecule has 5 N–H and O–H groups in total. The maximum Gasteiger partial charge on any atom is 0.142 e. The number of aliphatic hydroxyl groups is 1. The first kappa shape index (κ1) is 8.76. The molecule has 1 aromatic heterocycles. The summed E-state index contributed by atoms with van der Waals surface area (Å²) in [6, 6.07) is 5.38. The molecule has 1 heterocycles. The van der Waals surface area contributed by atoms with Crippen LogP contribution in [0.1, 0.15) is 0 Å². The van der Waals surface area contributed by atoms with Crippen molar-refractivity contribution in [2.45, 2.75) is 0 Å². The minimum atomic E-state index is 0.0853. The molecule has 1 rings (SSSR count). The summed E-state index contributed by atoms with van der Waals surface area (Å²) < 4.78 is 0. The fourth-order valence-electron chi connectivity index (χ4n) is 0.798. The molecule has 12 heavy (non-hydrogen) atoms. The van der Waals surface area contributed by atoms with Gasteiger partial charge in [0.2, 0.25) is 0 Å². The van der Waals surface area contributed by atoms with Gasteiger partial charge in [-0.2, -0.15) is 0 Å². The minimum absolute atomic E-state index is 0.0853. The van der Waals surface area contributed by atoms with Gasteiger partial charge in [-0.3, -0.25) is 0 Å². The van der Waals surface area contributed by atoms with Crippen LogP contribution < -0.4 is 16.6 Å². The molecular formula is C7H12N4O. The van der Waals surface area contributed by atoms with Crippen molar-refractivity contribution < 1.29 is 5.11 Å². The topological polar surface area (TPSA) is 83.2 Å². The van der Waals surface area contributed by atoms with E-state index in [2.05, 4.69) is 15.7 Å². The maximum atomic E-state index is 8.52. The van der Waals surface area contributed by atoms with Crippen LogP contribution in [-0.2, 0) is 0 Å². The molecular weight excluding hydrogens is 156 g/mol. The average molecular weight is 168 g/mol. The highest BCUT2D eigenvalue weighted by Crippen LogP contribution is 2.06. The predicted octanol–water partition coefficient (Wildman–Crippen LogP) is -0.229. The molecule has 0 spiro atoms.